The molecule has 146 valence electrons. The number of ether oxygens (including phenoxy) is 1. The first-order valence-corrected chi connectivity index (χ1v) is 9.98. The molecule has 2 fully saturated rings. The molecule has 0 bridgehead atoms. The third-order valence-corrected chi connectivity index (χ3v) is 6.55. The Morgan fingerprint density at radius 2 is 2.19 bits per heavy atom. The van der Waals surface area contributed by atoms with Gasteiger partial charge in [0.05, 0.1) is 17.7 Å². The number of carbonyl (C=O) groups excluding carboxylic acids is 1. The van der Waals surface area contributed by atoms with E-state index >= 15 is 0 Å². The highest BCUT2D eigenvalue weighted by atomic mass is 16.5. The van der Waals surface area contributed by atoms with Gasteiger partial charge in [0, 0.05) is 44.6 Å². The van der Waals surface area contributed by atoms with Crippen molar-refractivity contribution >= 4 is 11.6 Å². The number of rotatable bonds is 3. The summed E-state index contributed by atoms with van der Waals surface area (Å²) in [5, 5.41) is 11.3. The van der Waals surface area contributed by atoms with Crippen LogP contribution in [0, 0.1) is 18.8 Å². The van der Waals surface area contributed by atoms with Crippen LogP contribution in [-0.2, 0) is 16.0 Å². The van der Waals surface area contributed by atoms with E-state index in [2.05, 4.69) is 11.9 Å². The minimum atomic E-state index is -0.680. The number of aliphatic hydroxyl groups is 1. The molecule has 0 radical (unpaired) electrons. The molecule has 1 amide bonds. The maximum absolute atomic E-state index is 12.9. The fourth-order valence-corrected chi connectivity index (χ4v) is 4.77. The van der Waals surface area contributed by atoms with E-state index in [1.165, 1.54) is 0 Å². The van der Waals surface area contributed by atoms with Gasteiger partial charge < -0.3 is 19.1 Å². The van der Waals surface area contributed by atoms with Gasteiger partial charge in [-0.05, 0) is 43.7 Å². The topological polar surface area (TPSA) is 67.1 Å². The monoisotopic (exact) mass is 371 g/mol. The first-order valence-electron chi connectivity index (χ1n) is 9.98. The number of nitrogens with zero attached hydrogens (tertiary/aromatic N) is 3. The number of aromatic nitrogens is 2. The zero-order valence-corrected chi connectivity index (χ0v) is 16.2. The van der Waals surface area contributed by atoms with Crippen molar-refractivity contribution in [1.82, 2.24) is 14.3 Å². The molecule has 2 aromatic heterocycles. The van der Waals surface area contributed by atoms with E-state index in [-0.39, 0.29) is 17.7 Å². The Morgan fingerprint density at radius 3 is 2.93 bits per heavy atom. The van der Waals surface area contributed by atoms with Crippen molar-refractivity contribution in [3.63, 3.8) is 0 Å². The number of fused-ring (bicyclic) bond motifs is 1. The highest BCUT2D eigenvalue weighted by Gasteiger charge is 2.45. The Kier molecular flexibility index (Phi) is 4.95. The molecule has 0 spiro atoms. The summed E-state index contributed by atoms with van der Waals surface area (Å²) in [7, 11) is 0. The summed E-state index contributed by atoms with van der Waals surface area (Å²) in [5.41, 5.74) is 2.24. The predicted molar refractivity (Wildman–Crippen MR) is 102 cm³/mol. The molecule has 4 rings (SSSR count). The van der Waals surface area contributed by atoms with Crippen molar-refractivity contribution < 1.29 is 14.6 Å². The van der Waals surface area contributed by atoms with Crippen LogP contribution < -0.4 is 0 Å². The molecule has 0 aliphatic carbocycles. The molecule has 2 aliphatic rings. The van der Waals surface area contributed by atoms with Gasteiger partial charge in [0.2, 0.25) is 5.91 Å². The van der Waals surface area contributed by atoms with Crippen molar-refractivity contribution in [2.45, 2.75) is 45.1 Å². The smallest absolute Gasteiger partial charge is 0.228 e. The van der Waals surface area contributed by atoms with Crippen LogP contribution in [0.4, 0.5) is 0 Å². The lowest BCUT2D eigenvalue weighted by Crippen LogP contribution is -2.57. The third-order valence-electron chi connectivity index (χ3n) is 6.55. The lowest BCUT2D eigenvalue weighted by atomic mass is 9.70. The number of imidazole rings is 1. The van der Waals surface area contributed by atoms with Crippen LogP contribution in [0.15, 0.2) is 24.5 Å². The Hall–Kier alpha value is -1.92. The lowest BCUT2D eigenvalue weighted by Gasteiger charge is -2.48. The molecule has 1 N–H and O–H groups in total. The molecule has 2 aliphatic heterocycles. The summed E-state index contributed by atoms with van der Waals surface area (Å²) in [6.07, 6.45) is 6.57. The number of likely N-dealkylation sites (tertiary alicyclic amines) is 1. The highest BCUT2D eigenvalue weighted by Crippen LogP contribution is 2.39. The fraction of sp³-hybridized carbons (Fsp3) is 0.619. The zero-order chi connectivity index (χ0) is 19.0. The minimum Gasteiger partial charge on any atom is -0.389 e. The number of carbonyl (C=O) groups is 1. The first-order chi connectivity index (χ1) is 13.0. The van der Waals surface area contributed by atoms with Crippen LogP contribution >= 0.6 is 0 Å². The molecule has 0 saturated carbocycles. The maximum Gasteiger partial charge on any atom is 0.228 e. The maximum atomic E-state index is 12.9. The SMILES string of the molecule is Cc1cccn2c(CC(=O)N3CC[C@@](O)(C4CCOCC4)C(C)C3)cnc12. The predicted octanol–water partition coefficient (Wildman–Crippen LogP) is 2.21. The normalized spacial score (nSPS) is 27.2. The molecule has 4 heterocycles. The van der Waals surface area contributed by atoms with Crippen LogP contribution in [0.1, 0.15) is 37.4 Å². The molecule has 27 heavy (non-hydrogen) atoms. The molecule has 6 heteroatoms. The van der Waals surface area contributed by atoms with Crippen molar-refractivity contribution in [1.29, 1.82) is 0 Å². The minimum absolute atomic E-state index is 0.0720. The number of hydrogen-bond acceptors (Lipinski definition) is 4. The van der Waals surface area contributed by atoms with Gasteiger partial charge in [0.15, 0.2) is 0 Å². The fourth-order valence-electron chi connectivity index (χ4n) is 4.77. The van der Waals surface area contributed by atoms with Gasteiger partial charge in [0.25, 0.3) is 0 Å². The molecule has 2 atom stereocenters. The Labute approximate surface area is 160 Å². The highest BCUT2D eigenvalue weighted by molar-refractivity contribution is 5.78. The van der Waals surface area contributed by atoms with Gasteiger partial charge in [-0.3, -0.25) is 4.79 Å². The van der Waals surface area contributed by atoms with Gasteiger partial charge in [-0.25, -0.2) is 4.98 Å². The summed E-state index contributed by atoms with van der Waals surface area (Å²) in [6, 6.07) is 4.01. The van der Waals surface area contributed by atoms with Crippen LogP contribution in [0.3, 0.4) is 0 Å². The van der Waals surface area contributed by atoms with E-state index in [0.717, 1.165) is 43.0 Å². The second kappa shape index (κ2) is 7.24. The van der Waals surface area contributed by atoms with Crippen LogP contribution in [-0.4, -0.2) is 57.2 Å². The quantitative estimate of drug-likeness (QED) is 0.898. The lowest BCUT2D eigenvalue weighted by molar-refractivity contribution is -0.150. The Morgan fingerprint density at radius 1 is 1.41 bits per heavy atom. The van der Waals surface area contributed by atoms with Crippen LogP contribution in [0.25, 0.3) is 5.65 Å². The standard InChI is InChI=1S/C21H29N3O3/c1-15-4-3-8-24-18(13-22-20(15)24)12-19(25)23-9-7-21(26,16(2)14-23)17-5-10-27-11-6-17/h3-4,8,13,16-17,26H,5-7,9-12,14H2,1-2H3/t16?,21-/m0/s1. The average Bonchev–Trinajstić information content (AvgIpc) is 3.09. The molecule has 6 nitrogen and oxygen atoms in total. The van der Waals surface area contributed by atoms with E-state index < -0.39 is 5.60 Å². The van der Waals surface area contributed by atoms with Gasteiger partial charge in [-0.2, -0.15) is 0 Å². The zero-order valence-electron chi connectivity index (χ0n) is 16.2. The van der Waals surface area contributed by atoms with Crippen molar-refractivity contribution in [3.05, 3.63) is 35.8 Å². The number of aryl methyl sites for hydroxylation is 1. The summed E-state index contributed by atoms with van der Waals surface area (Å²) in [6.45, 7) is 6.80. The Balaban J connectivity index is 1.44. The van der Waals surface area contributed by atoms with E-state index in [0.29, 0.717) is 25.9 Å². The van der Waals surface area contributed by atoms with Crippen LogP contribution in [0.5, 0.6) is 0 Å². The van der Waals surface area contributed by atoms with E-state index in [1.54, 1.807) is 6.20 Å². The van der Waals surface area contributed by atoms with Crippen molar-refractivity contribution in [2.75, 3.05) is 26.3 Å². The second-order valence-electron chi connectivity index (χ2n) is 8.18. The van der Waals surface area contributed by atoms with Gasteiger partial charge >= 0.3 is 0 Å². The number of pyridine rings is 1. The number of hydrogen-bond donors (Lipinski definition) is 1. The van der Waals surface area contributed by atoms with E-state index in [1.807, 2.05) is 34.6 Å². The van der Waals surface area contributed by atoms with E-state index in [9.17, 15) is 9.90 Å². The summed E-state index contributed by atoms with van der Waals surface area (Å²) in [5.74, 6) is 0.460. The van der Waals surface area contributed by atoms with Gasteiger partial charge in [-0.15, -0.1) is 0 Å². The summed E-state index contributed by atoms with van der Waals surface area (Å²) in [4.78, 5) is 19.3. The number of piperidine rings is 1. The molecule has 2 aromatic rings. The van der Waals surface area contributed by atoms with Crippen LogP contribution in [0.2, 0.25) is 0 Å². The van der Waals surface area contributed by atoms with Gasteiger partial charge in [0.1, 0.15) is 5.65 Å². The number of amides is 1. The molecule has 2 saturated heterocycles. The second-order valence-corrected chi connectivity index (χ2v) is 8.18. The third kappa shape index (κ3) is 3.36. The average molecular weight is 371 g/mol. The van der Waals surface area contributed by atoms with E-state index in [4.69, 9.17) is 4.74 Å². The molecule has 0 aromatic carbocycles. The summed E-state index contributed by atoms with van der Waals surface area (Å²) >= 11 is 0. The molecule has 1 unspecified atom stereocenters. The largest absolute Gasteiger partial charge is 0.389 e. The molecular formula is C21H29N3O3. The molecular weight excluding hydrogens is 342 g/mol. The van der Waals surface area contributed by atoms with Crippen molar-refractivity contribution in [2.24, 2.45) is 11.8 Å². The van der Waals surface area contributed by atoms with Crippen molar-refractivity contribution in [3.8, 4) is 0 Å². The Bertz CT molecular complexity index is 827. The van der Waals surface area contributed by atoms with Gasteiger partial charge in [-0.1, -0.05) is 13.0 Å². The first kappa shape index (κ1) is 18.4. The summed E-state index contributed by atoms with van der Waals surface area (Å²) < 4.78 is 7.45.